The van der Waals surface area contributed by atoms with Gasteiger partial charge in [-0.3, -0.25) is 9.52 Å². The molecule has 6 heteroatoms. The molecule has 0 aliphatic carbocycles. The Balaban J connectivity index is 2.41. The average molecular weight is 375 g/mol. The summed E-state index contributed by atoms with van der Waals surface area (Å²) >= 11 is 0. The second-order valence-corrected chi connectivity index (χ2v) is 8.28. The first-order chi connectivity index (χ1) is 12.2. The SMILES string of the molecule is CC[C@@H](C)NC(=O)c1ccccc1NS(=O)(=O)c1c(C)cc(C)cc1C. The molecule has 2 aromatic carbocycles. The molecule has 2 aromatic rings. The van der Waals surface area contributed by atoms with E-state index in [1.807, 2.05) is 32.9 Å². The maximum atomic E-state index is 13.0. The molecule has 0 saturated heterocycles. The Morgan fingerprint density at radius 2 is 1.65 bits per heavy atom. The van der Waals surface area contributed by atoms with Gasteiger partial charge >= 0.3 is 0 Å². The Labute approximate surface area is 155 Å². The summed E-state index contributed by atoms with van der Waals surface area (Å²) < 4.78 is 28.5. The number of hydrogen-bond acceptors (Lipinski definition) is 3. The third kappa shape index (κ3) is 4.43. The molecule has 2 N–H and O–H groups in total. The van der Waals surface area contributed by atoms with Crippen molar-refractivity contribution in [2.45, 2.75) is 52.0 Å². The molecule has 26 heavy (non-hydrogen) atoms. The van der Waals surface area contributed by atoms with E-state index in [9.17, 15) is 13.2 Å². The molecule has 0 unspecified atom stereocenters. The first-order valence-electron chi connectivity index (χ1n) is 8.66. The second-order valence-electron chi connectivity index (χ2n) is 6.66. The summed E-state index contributed by atoms with van der Waals surface area (Å²) in [7, 11) is -3.81. The van der Waals surface area contributed by atoms with Crippen LogP contribution in [-0.2, 0) is 10.0 Å². The lowest BCUT2D eigenvalue weighted by Crippen LogP contribution is -2.32. The largest absolute Gasteiger partial charge is 0.350 e. The van der Waals surface area contributed by atoms with Crippen molar-refractivity contribution in [1.82, 2.24) is 5.32 Å². The highest BCUT2D eigenvalue weighted by atomic mass is 32.2. The third-order valence-electron chi connectivity index (χ3n) is 4.28. The highest BCUT2D eigenvalue weighted by Gasteiger charge is 2.22. The van der Waals surface area contributed by atoms with Gasteiger partial charge in [-0.15, -0.1) is 0 Å². The number of carbonyl (C=O) groups excluding carboxylic acids is 1. The van der Waals surface area contributed by atoms with Gasteiger partial charge in [-0.2, -0.15) is 0 Å². The number of sulfonamides is 1. The molecule has 0 aromatic heterocycles. The summed E-state index contributed by atoms with van der Waals surface area (Å²) in [6.45, 7) is 9.36. The predicted molar refractivity (Wildman–Crippen MR) is 105 cm³/mol. The van der Waals surface area contributed by atoms with Crippen molar-refractivity contribution in [3.05, 3.63) is 58.7 Å². The number of amides is 1. The van der Waals surface area contributed by atoms with Crippen LogP contribution in [-0.4, -0.2) is 20.4 Å². The van der Waals surface area contributed by atoms with Crippen LogP contribution in [0, 0.1) is 20.8 Å². The molecular weight excluding hydrogens is 348 g/mol. The van der Waals surface area contributed by atoms with Crippen LogP contribution in [0.5, 0.6) is 0 Å². The molecule has 0 aliphatic heterocycles. The first kappa shape index (κ1) is 20.0. The van der Waals surface area contributed by atoms with Crippen LogP contribution in [0.25, 0.3) is 0 Å². The highest BCUT2D eigenvalue weighted by molar-refractivity contribution is 7.92. The van der Waals surface area contributed by atoms with E-state index in [4.69, 9.17) is 0 Å². The molecule has 1 amide bonds. The normalized spacial score (nSPS) is 12.5. The van der Waals surface area contributed by atoms with E-state index in [0.29, 0.717) is 16.7 Å². The lowest BCUT2D eigenvalue weighted by atomic mass is 10.1. The van der Waals surface area contributed by atoms with Gasteiger partial charge in [0, 0.05) is 6.04 Å². The van der Waals surface area contributed by atoms with Crippen molar-refractivity contribution in [3.8, 4) is 0 Å². The lowest BCUT2D eigenvalue weighted by molar-refractivity contribution is 0.0940. The predicted octanol–water partition coefficient (Wildman–Crippen LogP) is 3.94. The van der Waals surface area contributed by atoms with Crippen LogP contribution < -0.4 is 10.0 Å². The van der Waals surface area contributed by atoms with Crippen LogP contribution >= 0.6 is 0 Å². The molecule has 140 valence electrons. The van der Waals surface area contributed by atoms with Gasteiger partial charge in [0.2, 0.25) is 0 Å². The van der Waals surface area contributed by atoms with Gasteiger partial charge in [-0.25, -0.2) is 8.42 Å². The van der Waals surface area contributed by atoms with Crippen LogP contribution in [0.1, 0.15) is 47.3 Å². The summed E-state index contributed by atoms with van der Waals surface area (Å²) in [5.74, 6) is -0.296. The molecule has 0 bridgehead atoms. The number of aryl methyl sites for hydroxylation is 3. The maximum absolute atomic E-state index is 13.0. The Bertz CT molecular complexity index is 897. The smallest absolute Gasteiger partial charge is 0.262 e. The number of para-hydroxylation sites is 1. The van der Waals surface area contributed by atoms with Crippen molar-refractivity contribution in [3.63, 3.8) is 0 Å². The molecule has 5 nitrogen and oxygen atoms in total. The Morgan fingerprint density at radius 1 is 1.08 bits per heavy atom. The average Bonchev–Trinajstić information content (AvgIpc) is 2.53. The van der Waals surface area contributed by atoms with Gasteiger partial charge < -0.3 is 5.32 Å². The van der Waals surface area contributed by atoms with E-state index in [-0.39, 0.29) is 22.5 Å². The minimum absolute atomic E-state index is 0.00810. The fraction of sp³-hybridized carbons (Fsp3) is 0.350. The zero-order valence-corrected chi connectivity index (χ0v) is 16.7. The number of nitrogens with one attached hydrogen (secondary N) is 2. The molecular formula is C20H26N2O3S. The van der Waals surface area contributed by atoms with Crippen LogP contribution in [0.2, 0.25) is 0 Å². The summed E-state index contributed by atoms with van der Waals surface area (Å²) in [6, 6.07) is 10.3. The van der Waals surface area contributed by atoms with Crippen molar-refractivity contribution < 1.29 is 13.2 Å². The molecule has 0 spiro atoms. The van der Waals surface area contributed by atoms with Crippen LogP contribution in [0.4, 0.5) is 5.69 Å². The van der Waals surface area contributed by atoms with Gasteiger partial charge in [0.1, 0.15) is 0 Å². The zero-order valence-electron chi connectivity index (χ0n) is 15.9. The maximum Gasteiger partial charge on any atom is 0.262 e. The second kappa shape index (κ2) is 7.91. The van der Waals surface area contributed by atoms with Crippen LogP contribution in [0.3, 0.4) is 0 Å². The number of anilines is 1. The number of carbonyl (C=O) groups is 1. The topological polar surface area (TPSA) is 75.3 Å². The van der Waals surface area contributed by atoms with E-state index in [1.165, 1.54) is 0 Å². The fourth-order valence-corrected chi connectivity index (χ4v) is 4.50. The number of benzene rings is 2. The molecule has 0 aliphatic rings. The summed E-state index contributed by atoms with van der Waals surface area (Å²) in [5.41, 5.74) is 2.94. The van der Waals surface area contributed by atoms with E-state index in [0.717, 1.165) is 12.0 Å². The Hall–Kier alpha value is -2.34. The molecule has 0 fully saturated rings. The fourth-order valence-electron chi connectivity index (χ4n) is 2.96. The van der Waals surface area contributed by atoms with Crippen molar-refractivity contribution in [2.75, 3.05) is 4.72 Å². The van der Waals surface area contributed by atoms with Gasteiger partial charge in [0.25, 0.3) is 15.9 Å². The standard InChI is InChI=1S/C20H26N2O3S/c1-6-16(5)21-20(23)17-9-7-8-10-18(17)22-26(24,25)19-14(3)11-13(2)12-15(19)4/h7-12,16,22H,6H2,1-5H3,(H,21,23)/t16-/m1/s1. The van der Waals surface area contributed by atoms with Gasteiger partial charge in [-0.1, -0.05) is 36.8 Å². The van der Waals surface area contributed by atoms with Gasteiger partial charge in [0.15, 0.2) is 0 Å². The number of hydrogen-bond donors (Lipinski definition) is 2. The van der Waals surface area contributed by atoms with E-state index < -0.39 is 10.0 Å². The minimum Gasteiger partial charge on any atom is -0.350 e. The zero-order chi connectivity index (χ0) is 19.5. The van der Waals surface area contributed by atoms with E-state index >= 15 is 0 Å². The van der Waals surface area contributed by atoms with E-state index in [2.05, 4.69) is 10.0 Å². The Morgan fingerprint density at radius 3 is 2.23 bits per heavy atom. The van der Waals surface area contributed by atoms with Crippen molar-refractivity contribution in [1.29, 1.82) is 0 Å². The lowest BCUT2D eigenvalue weighted by Gasteiger charge is -2.17. The molecule has 0 heterocycles. The summed E-state index contributed by atoms with van der Waals surface area (Å²) in [5, 5.41) is 2.87. The minimum atomic E-state index is -3.81. The monoisotopic (exact) mass is 374 g/mol. The Kier molecular flexibility index (Phi) is 6.08. The van der Waals surface area contributed by atoms with Gasteiger partial charge in [-0.05, 0) is 57.4 Å². The molecule has 0 saturated carbocycles. The molecule has 2 rings (SSSR count). The number of rotatable bonds is 6. The summed E-state index contributed by atoms with van der Waals surface area (Å²) in [4.78, 5) is 12.7. The molecule has 0 radical (unpaired) electrons. The summed E-state index contributed by atoms with van der Waals surface area (Å²) in [6.07, 6.45) is 0.793. The quantitative estimate of drug-likeness (QED) is 0.804. The molecule has 1 atom stereocenters. The van der Waals surface area contributed by atoms with Gasteiger partial charge in [0.05, 0.1) is 16.1 Å². The van der Waals surface area contributed by atoms with Crippen LogP contribution in [0.15, 0.2) is 41.3 Å². The van der Waals surface area contributed by atoms with Crippen molar-refractivity contribution >= 4 is 21.6 Å². The van der Waals surface area contributed by atoms with Crippen molar-refractivity contribution in [2.24, 2.45) is 0 Å². The highest BCUT2D eigenvalue weighted by Crippen LogP contribution is 2.26. The first-order valence-corrected chi connectivity index (χ1v) is 10.1. The van der Waals surface area contributed by atoms with E-state index in [1.54, 1.807) is 38.1 Å². The third-order valence-corrected chi connectivity index (χ3v) is 5.95.